The maximum Gasteiger partial charge on any atom is 0.119 e. The van der Waals surface area contributed by atoms with E-state index in [1.165, 1.54) is 0 Å². The van der Waals surface area contributed by atoms with Gasteiger partial charge in [0.1, 0.15) is 5.82 Å². The van der Waals surface area contributed by atoms with Crippen molar-refractivity contribution in [3.8, 4) is 0 Å². The Kier molecular flexibility index (Phi) is 5.60. The number of nitrogens with zero attached hydrogens (tertiary/aromatic N) is 2. The summed E-state index contributed by atoms with van der Waals surface area (Å²) in [6.45, 7) is 6.22. The Morgan fingerprint density at radius 3 is 3.00 bits per heavy atom. The zero-order chi connectivity index (χ0) is 11.1. The number of rotatable bonds is 7. The van der Waals surface area contributed by atoms with E-state index < -0.39 is 0 Å². The minimum absolute atomic E-state index is 0.688. The lowest BCUT2D eigenvalue weighted by molar-refractivity contribution is 0.643. The first kappa shape index (κ1) is 12.4. The van der Waals surface area contributed by atoms with Crippen LogP contribution in [0.5, 0.6) is 0 Å². The zero-order valence-electron chi connectivity index (χ0n) is 8.75. The molecule has 0 aliphatic heterocycles. The largest absolute Gasteiger partial charge is 0.329 e. The van der Waals surface area contributed by atoms with Crippen LogP contribution in [0.1, 0.15) is 17.9 Å². The molecule has 0 atom stereocenters. The smallest absolute Gasteiger partial charge is 0.119 e. The van der Waals surface area contributed by atoms with Gasteiger partial charge >= 0.3 is 0 Å². The lowest BCUT2D eigenvalue weighted by Gasteiger charge is -2.02. The number of hydrogen-bond acceptors (Lipinski definition) is 3. The highest BCUT2D eigenvalue weighted by atomic mass is 79.9. The van der Waals surface area contributed by atoms with Crippen LogP contribution in [0.2, 0.25) is 0 Å². The topological polar surface area (TPSA) is 55.9 Å². The molecular weight excluding hydrogens is 256 g/mol. The van der Waals surface area contributed by atoms with Crippen LogP contribution in [0.4, 0.5) is 0 Å². The molecule has 1 rings (SSSR count). The van der Waals surface area contributed by atoms with Crippen molar-refractivity contribution < 1.29 is 0 Å². The Morgan fingerprint density at radius 2 is 2.40 bits per heavy atom. The number of nitrogens with two attached hydrogens (primary N) is 1. The molecular formula is C10H17BrN4. The Bertz CT molecular complexity index is 308. The molecule has 0 unspecified atom stereocenters. The van der Waals surface area contributed by atoms with Crippen LogP contribution in [-0.4, -0.2) is 28.2 Å². The highest BCUT2D eigenvalue weighted by Gasteiger charge is 2.03. The number of halogens is 1. The number of imidazole rings is 1. The van der Waals surface area contributed by atoms with Gasteiger partial charge in [-0.05, 0) is 19.0 Å². The third kappa shape index (κ3) is 4.15. The molecule has 0 aromatic carbocycles. The van der Waals surface area contributed by atoms with Crippen molar-refractivity contribution in [2.75, 3.05) is 19.6 Å². The first-order valence-electron chi connectivity index (χ1n) is 5.05. The van der Waals surface area contributed by atoms with E-state index in [0.717, 1.165) is 37.4 Å². The van der Waals surface area contributed by atoms with Crippen molar-refractivity contribution in [1.29, 1.82) is 0 Å². The minimum Gasteiger partial charge on any atom is -0.329 e. The summed E-state index contributed by atoms with van der Waals surface area (Å²) in [7, 11) is 0. The molecule has 0 saturated heterocycles. The maximum absolute atomic E-state index is 5.37. The summed E-state index contributed by atoms with van der Waals surface area (Å²) < 4.78 is 1.87. The molecule has 84 valence electrons. The fourth-order valence-electron chi connectivity index (χ4n) is 1.28. The molecule has 5 heteroatoms. The van der Waals surface area contributed by atoms with E-state index in [0.29, 0.717) is 6.54 Å². The first-order chi connectivity index (χ1) is 7.27. The van der Waals surface area contributed by atoms with E-state index in [4.69, 9.17) is 5.73 Å². The molecule has 4 nitrogen and oxygen atoms in total. The molecule has 0 aliphatic rings. The van der Waals surface area contributed by atoms with Crippen LogP contribution >= 0.6 is 16.1 Å². The summed E-state index contributed by atoms with van der Waals surface area (Å²) in [4.78, 5) is 4.39. The fraction of sp³-hybridized carbons (Fsp3) is 0.500. The molecule has 0 bridgehead atoms. The van der Waals surface area contributed by atoms with E-state index in [-0.39, 0.29) is 0 Å². The highest BCUT2D eigenvalue weighted by Crippen LogP contribution is 2.09. The molecule has 3 N–H and O–H groups in total. The van der Waals surface area contributed by atoms with E-state index in [9.17, 15) is 0 Å². The second kappa shape index (κ2) is 6.76. The van der Waals surface area contributed by atoms with Gasteiger partial charge in [-0.3, -0.25) is 3.59 Å². The average molecular weight is 273 g/mol. The summed E-state index contributed by atoms with van der Waals surface area (Å²) in [6.07, 6.45) is 5.65. The molecule has 0 fully saturated rings. The van der Waals surface area contributed by atoms with Gasteiger partial charge in [0.25, 0.3) is 0 Å². The van der Waals surface area contributed by atoms with Gasteiger partial charge in [-0.25, -0.2) is 4.98 Å². The summed E-state index contributed by atoms with van der Waals surface area (Å²) in [6, 6.07) is 0. The molecule has 1 aromatic rings. The van der Waals surface area contributed by atoms with Crippen molar-refractivity contribution in [3.05, 3.63) is 24.3 Å². The van der Waals surface area contributed by atoms with Crippen LogP contribution in [0.25, 0.3) is 6.08 Å². The Hall–Kier alpha value is -0.650. The minimum atomic E-state index is 0.688. The quantitative estimate of drug-likeness (QED) is 0.733. The van der Waals surface area contributed by atoms with Crippen molar-refractivity contribution in [3.63, 3.8) is 0 Å². The van der Waals surface area contributed by atoms with Crippen molar-refractivity contribution in [1.82, 2.24) is 13.9 Å². The van der Waals surface area contributed by atoms with Crippen LogP contribution in [0.3, 0.4) is 0 Å². The predicted molar refractivity (Wildman–Crippen MR) is 66.9 cm³/mol. The lowest BCUT2D eigenvalue weighted by Crippen LogP contribution is -2.23. The van der Waals surface area contributed by atoms with E-state index in [1.54, 1.807) is 6.08 Å². The molecule has 1 heterocycles. The predicted octanol–water partition coefficient (Wildman–Crippen LogP) is 1.16. The van der Waals surface area contributed by atoms with Crippen LogP contribution in [-0.2, 0) is 6.42 Å². The second-order valence-electron chi connectivity index (χ2n) is 3.24. The van der Waals surface area contributed by atoms with Gasteiger partial charge in [0.2, 0.25) is 0 Å². The van der Waals surface area contributed by atoms with Crippen molar-refractivity contribution >= 4 is 22.2 Å². The Balaban J connectivity index is 2.30. The van der Waals surface area contributed by atoms with Crippen LogP contribution in [0.15, 0.2) is 12.8 Å². The van der Waals surface area contributed by atoms with Crippen molar-refractivity contribution in [2.45, 2.75) is 12.8 Å². The summed E-state index contributed by atoms with van der Waals surface area (Å²) in [5.74, 6) is 1.03. The van der Waals surface area contributed by atoms with Gasteiger partial charge < -0.3 is 11.1 Å². The monoisotopic (exact) mass is 272 g/mol. The number of hydrogen-bond donors (Lipinski definition) is 2. The van der Waals surface area contributed by atoms with Crippen LogP contribution in [0, 0.1) is 0 Å². The lowest BCUT2D eigenvalue weighted by atomic mass is 10.3. The molecule has 0 radical (unpaired) electrons. The molecule has 0 aliphatic carbocycles. The Labute approximate surface area is 98.9 Å². The van der Waals surface area contributed by atoms with Gasteiger partial charge in [-0.2, -0.15) is 0 Å². The zero-order valence-corrected chi connectivity index (χ0v) is 10.3. The van der Waals surface area contributed by atoms with Gasteiger partial charge in [-0.15, -0.1) is 0 Å². The standard InChI is InChI=1S/C10H17BrN4/c1-2-9-8-15(11)10(14-9)4-3-6-13-7-5-12/h2,8,13H,1,3-7,12H2. The first-order valence-corrected chi connectivity index (χ1v) is 5.76. The maximum atomic E-state index is 5.37. The third-order valence-electron chi connectivity index (χ3n) is 2.03. The number of aryl methyl sites for hydroxylation is 1. The highest BCUT2D eigenvalue weighted by molar-refractivity contribution is 9.08. The van der Waals surface area contributed by atoms with E-state index >= 15 is 0 Å². The van der Waals surface area contributed by atoms with Gasteiger partial charge in [0, 0.05) is 25.7 Å². The molecule has 1 aromatic heterocycles. The number of nitrogens with one attached hydrogen (secondary N) is 1. The fourth-order valence-corrected chi connectivity index (χ4v) is 1.74. The molecule has 0 amide bonds. The average Bonchev–Trinajstić information content (AvgIpc) is 2.59. The molecule has 0 spiro atoms. The summed E-state index contributed by atoms with van der Waals surface area (Å²) >= 11 is 3.41. The summed E-state index contributed by atoms with van der Waals surface area (Å²) in [5.41, 5.74) is 6.27. The molecule has 0 saturated carbocycles. The summed E-state index contributed by atoms with van der Waals surface area (Å²) in [5, 5.41) is 3.25. The van der Waals surface area contributed by atoms with E-state index in [2.05, 4.69) is 33.0 Å². The SMILES string of the molecule is C=Cc1cn(Br)c(CCCNCCN)n1. The third-order valence-corrected chi connectivity index (χ3v) is 2.65. The number of aromatic nitrogens is 2. The van der Waals surface area contributed by atoms with Crippen LogP contribution < -0.4 is 11.1 Å². The molecule has 15 heavy (non-hydrogen) atoms. The van der Waals surface area contributed by atoms with E-state index in [1.807, 2.05) is 9.79 Å². The van der Waals surface area contributed by atoms with Crippen molar-refractivity contribution in [2.24, 2.45) is 5.73 Å². The van der Waals surface area contributed by atoms with Gasteiger partial charge in [0.05, 0.1) is 21.8 Å². The Morgan fingerprint density at radius 1 is 1.60 bits per heavy atom. The normalized spacial score (nSPS) is 10.5. The second-order valence-corrected chi connectivity index (χ2v) is 4.00. The van der Waals surface area contributed by atoms with Gasteiger partial charge in [-0.1, -0.05) is 6.58 Å². The van der Waals surface area contributed by atoms with Gasteiger partial charge in [0.15, 0.2) is 0 Å².